The molecule has 96 valence electrons. The number of hydrogen-bond donors (Lipinski definition) is 1. The summed E-state index contributed by atoms with van der Waals surface area (Å²) in [5, 5.41) is 3.35. The molecular weight excluding hydrogens is 244 g/mol. The largest absolute Gasteiger partial charge is 0.496 e. The maximum absolute atomic E-state index is 5.48. The summed E-state index contributed by atoms with van der Waals surface area (Å²) in [5.41, 5.74) is 4.27. The van der Waals surface area contributed by atoms with Crippen molar-refractivity contribution in [3.05, 3.63) is 45.9 Å². The van der Waals surface area contributed by atoms with Crippen molar-refractivity contribution in [2.45, 2.75) is 19.4 Å². The minimum absolute atomic E-state index is 0.251. The van der Waals surface area contributed by atoms with Gasteiger partial charge in [0.25, 0.3) is 0 Å². The zero-order valence-corrected chi connectivity index (χ0v) is 11.8. The van der Waals surface area contributed by atoms with Gasteiger partial charge in [-0.25, -0.2) is 0 Å². The number of rotatable bonds is 5. The zero-order valence-electron chi connectivity index (χ0n) is 10.9. The van der Waals surface area contributed by atoms with Crippen molar-refractivity contribution in [2.24, 2.45) is 0 Å². The van der Waals surface area contributed by atoms with E-state index in [1.807, 2.05) is 18.8 Å². The van der Waals surface area contributed by atoms with Crippen LogP contribution in [0.25, 0.3) is 0 Å². The van der Waals surface area contributed by atoms with Gasteiger partial charge in [0.2, 0.25) is 0 Å². The van der Waals surface area contributed by atoms with E-state index in [0.717, 1.165) is 12.2 Å². The molecule has 0 aliphatic heterocycles. The standard InChI is InChI=1S/C14H18N2OS/c1-10-4-5-12(14(6-10)17-3)13(15-2)7-11-8-16-9-18-11/h4-6,8-9,13,15H,7H2,1-3H3. The lowest BCUT2D eigenvalue weighted by atomic mass is 10.0. The third-order valence-corrected chi connectivity index (χ3v) is 3.80. The van der Waals surface area contributed by atoms with E-state index in [1.165, 1.54) is 16.0 Å². The highest BCUT2D eigenvalue weighted by Crippen LogP contribution is 2.29. The summed E-state index contributed by atoms with van der Waals surface area (Å²) in [6.07, 6.45) is 2.86. The van der Waals surface area contributed by atoms with Gasteiger partial charge >= 0.3 is 0 Å². The van der Waals surface area contributed by atoms with Crippen LogP contribution in [0.5, 0.6) is 5.75 Å². The predicted molar refractivity (Wildman–Crippen MR) is 75.3 cm³/mol. The van der Waals surface area contributed by atoms with Crippen LogP contribution in [0, 0.1) is 6.92 Å². The lowest BCUT2D eigenvalue weighted by molar-refractivity contribution is 0.401. The number of nitrogens with zero attached hydrogens (tertiary/aromatic N) is 1. The van der Waals surface area contributed by atoms with E-state index in [-0.39, 0.29) is 6.04 Å². The fraction of sp³-hybridized carbons (Fsp3) is 0.357. The van der Waals surface area contributed by atoms with Gasteiger partial charge in [-0.2, -0.15) is 0 Å². The van der Waals surface area contributed by atoms with Crippen molar-refractivity contribution in [1.82, 2.24) is 10.3 Å². The van der Waals surface area contributed by atoms with Gasteiger partial charge in [0, 0.05) is 29.1 Å². The van der Waals surface area contributed by atoms with Crippen LogP contribution in [-0.4, -0.2) is 19.1 Å². The smallest absolute Gasteiger partial charge is 0.123 e. The first-order valence-electron chi connectivity index (χ1n) is 5.93. The summed E-state index contributed by atoms with van der Waals surface area (Å²) in [6.45, 7) is 2.07. The highest BCUT2D eigenvalue weighted by atomic mass is 32.1. The van der Waals surface area contributed by atoms with Gasteiger partial charge in [0.1, 0.15) is 5.75 Å². The summed E-state index contributed by atoms with van der Waals surface area (Å²) < 4.78 is 5.48. The molecule has 1 aromatic heterocycles. The number of methoxy groups -OCH3 is 1. The number of aryl methyl sites for hydroxylation is 1. The zero-order chi connectivity index (χ0) is 13.0. The number of hydrogen-bond acceptors (Lipinski definition) is 4. The lowest BCUT2D eigenvalue weighted by Gasteiger charge is -2.19. The van der Waals surface area contributed by atoms with Gasteiger partial charge in [-0.15, -0.1) is 11.3 Å². The fourth-order valence-corrected chi connectivity index (χ4v) is 2.66. The van der Waals surface area contributed by atoms with E-state index in [1.54, 1.807) is 18.4 Å². The quantitative estimate of drug-likeness (QED) is 0.899. The Bertz CT molecular complexity index is 497. The van der Waals surface area contributed by atoms with Crippen molar-refractivity contribution in [3.8, 4) is 5.75 Å². The second-order valence-electron chi connectivity index (χ2n) is 4.26. The predicted octanol–water partition coefficient (Wildman–Crippen LogP) is 2.96. The van der Waals surface area contributed by atoms with E-state index in [9.17, 15) is 0 Å². The number of likely N-dealkylation sites (N-methyl/N-ethyl adjacent to an activating group) is 1. The molecule has 4 heteroatoms. The molecule has 2 rings (SSSR count). The molecule has 3 nitrogen and oxygen atoms in total. The second-order valence-corrected chi connectivity index (χ2v) is 5.23. The average molecular weight is 262 g/mol. The van der Waals surface area contributed by atoms with Crippen molar-refractivity contribution in [1.29, 1.82) is 0 Å². The van der Waals surface area contributed by atoms with Gasteiger partial charge in [0.15, 0.2) is 0 Å². The Hall–Kier alpha value is -1.39. The SMILES string of the molecule is CNC(Cc1cncs1)c1ccc(C)cc1OC. The van der Waals surface area contributed by atoms with Crippen molar-refractivity contribution >= 4 is 11.3 Å². The number of aromatic nitrogens is 1. The third kappa shape index (κ3) is 2.89. The van der Waals surface area contributed by atoms with E-state index < -0.39 is 0 Å². The average Bonchev–Trinajstić information content (AvgIpc) is 2.89. The molecule has 1 N–H and O–H groups in total. The molecule has 0 aliphatic rings. The molecule has 0 saturated carbocycles. The summed E-state index contributed by atoms with van der Waals surface area (Å²) >= 11 is 1.69. The van der Waals surface area contributed by atoms with Crippen molar-refractivity contribution < 1.29 is 4.74 Å². The molecular formula is C14H18N2OS. The van der Waals surface area contributed by atoms with E-state index >= 15 is 0 Å². The Balaban J connectivity index is 2.26. The Morgan fingerprint density at radius 2 is 2.28 bits per heavy atom. The molecule has 0 spiro atoms. The molecule has 0 fully saturated rings. The highest BCUT2D eigenvalue weighted by molar-refractivity contribution is 7.09. The first-order chi connectivity index (χ1) is 8.74. The summed E-state index contributed by atoms with van der Waals surface area (Å²) in [5.74, 6) is 0.943. The van der Waals surface area contributed by atoms with Gasteiger partial charge in [-0.1, -0.05) is 12.1 Å². The molecule has 1 unspecified atom stereocenters. The van der Waals surface area contributed by atoms with Crippen LogP contribution in [0.4, 0.5) is 0 Å². The number of nitrogens with one attached hydrogen (secondary N) is 1. The van der Waals surface area contributed by atoms with Gasteiger partial charge in [-0.3, -0.25) is 4.98 Å². The molecule has 18 heavy (non-hydrogen) atoms. The highest BCUT2D eigenvalue weighted by Gasteiger charge is 2.15. The number of thiazole rings is 1. The molecule has 1 atom stereocenters. The van der Waals surface area contributed by atoms with Crippen LogP contribution in [0.1, 0.15) is 22.0 Å². The van der Waals surface area contributed by atoms with Gasteiger partial charge < -0.3 is 10.1 Å². The summed E-state index contributed by atoms with van der Waals surface area (Å²) in [6, 6.07) is 6.58. The molecule has 0 aliphatic carbocycles. The van der Waals surface area contributed by atoms with E-state index in [2.05, 4.69) is 35.4 Å². The lowest BCUT2D eigenvalue weighted by Crippen LogP contribution is -2.19. The molecule has 0 bridgehead atoms. The second kappa shape index (κ2) is 5.98. The topological polar surface area (TPSA) is 34.2 Å². The first kappa shape index (κ1) is 13.1. The van der Waals surface area contributed by atoms with Crippen LogP contribution in [0.15, 0.2) is 29.9 Å². The Morgan fingerprint density at radius 3 is 2.89 bits per heavy atom. The normalized spacial score (nSPS) is 12.4. The van der Waals surface area contributed by atoms with Crippen LogP contribution >= 0.6 is 11.3 Å². The summed E-state index contributed by atoms with van der Waals surface area (Å²) in [4.78, 5) is 5.39. The summed E-state index contributed by atoms with van der Waals surface area (Å²) in [7, 11) is 3.70. The molecule has 2 aromatic rings. The number of benzene rings is 1. The molecule has 0 radical (unpaired) electrons. The van der Waals surface area contributed by atoms with Crippen LogP contribution in [-0.2, 0) is 6.42 Å². The number of ether oxygens (including phenoxy) is 1. The van der Waals surface area contributed by atoms with Gasteiger partial charge in [-0.05, 0) is 25.6 Å². The maximum Gasteiger partial charge on any atom is 0.123 e. The fourth-order valence-electron chi connectivity index (χ4n) is 2.02. The first-order valence-corrected chi connectivity index (χ1v) is 6.81. The van der Waals surface area contributed by atoms with E-state index in [4.69, 9.17) is 4.74 Å². The Morgan fingerprint density at radius 1 is 1.44 bits per heavy atom. The monoisotopic (exact) mass is 262 g/mol. The molecule has 1 heterocycles. The van der Waals surface area contributed by atoms with Crippen LogP contribution in [0.2, 0.25) is 0 Å². The molecule has 0 saturated heterocycles. The maximum atomic E-state index is 5.48. The van der Waals surface area contributed by atoms with Crippen molar-refractivity contribution in [2.75, 3.05) is 14.2 Å². The van der Waals surface area contributed by atoms with Crippen molar-refractivity contribution in [3.63, 3.8) is 0 Å². The minimum atomic E-state index is 0.251. The van der Waals surface area contributed by atoms with Gasteiger partial charge in [0.05, 0.1) is 12.6 Å². The third-order valence-electron chi connectivity index (χ3n) is 3.00. The van der Waals surface area contributed by atoms with E-state index in [0.29, 0.717) is 0 Å². The Kier molecular flexibility index (Phi) is 4.33. The minimum Gasteiger partial charge on any atom is -0.496 e. The van der Waals surface area contributed by atoms with Crippen LogP contribution < -0.4 is 10.1 Å². The molecule has 0 amide bonds. The molecule has 1 aromatic carbocycles. The Labute approximate surface area is 112 Å². The van der Waals surface area contributed by atoms with Crippen LogP contribution in [0.3, 0.4) is 0 Å².